The van der Waals surface area contributed by atoms with E-state index in [0.29, 0.717) is 0 Å². The lowest BCUT2D eigenvalue weighted by atomic mass is 10.1. The van der Waals surface area contributed by atoms with E-state index in [1.54, 1.807) is 0 Å². The predicted molar refractivity (Wildman–Crippen MR) is 53.1 cm³/mol. The van der Waals surface area contributed by atoms with Crippen molar-refractivity contribution < 1.29 is 14.6 Å². The highest BCUT2D eigenvalue weighted by Crippen LogP contribution is 2.19. The van der Waals surface area contributed by atoms with Gasteiger partial charge < -0.3 is 15.6 Å². The van der Waals surface area contributed by atoms with Crippen LogP contribution in [0.3, 0.4) is 0 Å². The molecule has 1 saturated carbocycles. The maximum absolute atomic E-state index is 10.4. The van der Waals surface area contributed by atoms with E-state index in [-0.39, 0.29) is 12.7 Å². The summed E-state index contributed by atoms with van der Waals surface area (Å²) in [5.74, 6) is -0.987. The molecule has 0 heterocycles. The largest absolute Gasteiger partial charge is 0.480 e. The Labute approximate surface area is 84.4 Å². The summed E-state index contributed by atoms with van der Waals surface area (Å²) in [5, 5.41) is 8.56. The first kappa shape index (κ1) is 11.5. The molecular weight excluding hydrogens is 182 g/mol. The molecule has 3 N–H and O–H groups in total. The quantitative estimate of drug-likeness (QED) is 0.669. The molecule has 0 radical (unpaired) electrons. The molecule has 0 aromatic rings. The number of hydrogen-bond acceptors (Lipinski definition) is 3. The Bertz CT molecular complexity index is 176. The summed E-state index contributed by atoms with van der Waals surface area (Å²) in [6, 6.07) is -0.877. The van der Waals surface area contributed by atoms with Gasteiger partial charge in [0.15, 0.2) is 0 Å². The molecule has 1 fully saturated rings. The van der Waals surface area contributed by atoms with Crippen LogP contribution < -0.4 is 5.73 Å². The minimum absolute atomic E-state index is 0.139. The van der Waals surface area contributed by atoms with Crippen molar-refractivity contribution in [2.24, 2.45) is 5.73 Å². The van der Waals surface area contributed by atoms with Gasteiger partial charge in [0.25, 0.3) is 0 Å². The third-order valence-electron chi connectivity index (χ3n) is 2.63. The average molecular weight is 201 g/mol. The molecular formula is C10H19NO3. The molecule has 4 nitrogen and oxygen atoms in total. The van der Waals surface area contributed by atoms with Gasteiger partial charge in [0.2, 0.25) is 0 Å². The summed E-state index contributed by atoms with van der Waals surface area (Å²) in [7, 11) is 0. The molecule has 0 aromatic heterocycles. The molecule has 1 aliphatic rings. The van der Waals surface area contributed by atoms with Crippen molar-refractivity contribution in [3.05, 3.63) is 0 Å². The third-order valence-corrected chi connectivity index (χ3v) is 2.63. The molecule has 0 saturated heterocycles. The first-order valence-electron chi connectivity index (χ1n) is 5.30. The topological polar surface area (TPSA) is 72.5 Å². The van der Waals surface area contributed by atoms with Crippen molar-refractivity contribution in [3.8, 4) is 0 Å². The van der Waals surface area contributed by atoms with Crippen LogP contribution in [0.15, 0.2) is 0 Å². The Balaban J connectivity index is 2.18. The second kappa shape index (κ2) is 5.98. The summed E-state index contributed by atoms with van der Waals surface area (Å²) in [6.07, 6.45) is 7.23. The van der Waals surface area contributed by atoms with Crippen LogP contribution in [0.25, 0.3) is 0 Å². The van der Waals surface area contributed by atoms with Crippen LogP contribution in [-0.4, -0.2) is 29.8 Å². The lowest BCUT2D eigenvalue weighted by Gasteiger charge is -2.16. The van der Waals surface area contributed by atoms with Crippen molar-refractivity contribution in [2.75, 3.05) is 6.61 Å². The maximum atomic E-state index is 10.4. The molecule has 0 amide bonds. The Hall–Kier alpha value is -0.610. The zero-order chi connectivity index (χ0) is 10.4. The van der Waals surface area contributed by atoms with Gasteiger partial charge >= 0.3 is 5.97 Å². The molecule has 1 rings (SSSR count). The molecule has 1 atom stereocenters. The molecule has 0 aliphatic heterocycles. The minimum Gasteiger partial charge on any atom is -0.480 e. The Morgan fingerprint density at radius 1 is 1.36 bits per heavy atom. The normalized spacial score (nSPS) is 21.5. The van der Waals surface area contributed by atoms with E-state index in [1.807, 2.05) is 0 Å². The van der Waals surface area contributed by atoms with Crippen LogP contribution in [0.2, 0.25) is 0 Å². The van der Waals surface area contributed by atoms with Crippen molar-refractivity contribution in [3.63, 3.8) is 0 Å². The monoisotopic (exact) mass is 201 g/mol. The Morgan fingerprint density at radius 3 is 2.43 bits per heavy atom. The molecule has 4 heteroatoms. The fraction of sp³-hybridized carbons (Fsp3) is 0.900. The average Bonchev–Trinajstić information content (AvgIpc) is 2.42. The molecule has 0 bridgehead atoms. The highest BCUT2D eigenvalue weighted by molar-refractivity contribution is 5.73. The number of aliphatic carboxylic acids is 1. The summed E-state index contributed by atoms with van der Waals surface area (Å²) < 4.78 is 5.48. The third kappa shape index (κ3) is 4.07. The van der Waals surface area contributed by atoms with Crippen LogP contribution in [0, 0.1) is 0 Å². The van der Waals surface area contributed by atoms with Gasteiger partial charge in [0.1, 0.15) is 6.04 Å². The number of carboxylic acid groups (broad SMARTS) is 1. The fourth-order valence-electron chi connectivity index (χ4n) is 1.72. The number of carboxylic acids is 1. The molecule has 82 valence electrons. The van der Waals surface area contributed by atoms with E-state index in [2.05, 4.69) is 0 Å². The standard InChI is InChI=1S/C10H19NO3/c11-9(10(12)13)7-14-8-5-3-1-2-4-6-8/h8-9H,1-7,11H2,(H,12,13). The summed E-state index contributed by atoms with van der Waals surface area (Å²) in [5.41, 5.74) is 5.35. The first-order valence-corrected chi connectivity index (χ1v) is 5.30. The van der Waals surface area contributed by atoms with E-state index < -0.39 is 12.0 Å². The molecule has 0 aromatic carbocycles. The van der Waals surface area contributed by atoms with E-state index in [9.17, 15) is 4.79 Å². The maximum Gasteiger partial charge on any atom is 0.322 e. The van der Waals surface area contributed by atoms with Gasteiger partial charge in [-0.3, -0.25) is 4.79 Å². The number of ether oxygens (including phenoxy) is 1. The van der Waals surface area contributed by atoms with Gasteiger partial charge in [0.05, 0.1) is 12.7 Å². The highest BCUT2D eigenvalue weighted by atomic mass is 16.5. The number of rotatable bonds is 4. The summed E-state index contributed by atoms with van der Waals surface area (Å²) in [6.45, 7) is 0.139. The van der Waals surface area contributed by atoms with Gasteiger partial charge in [-0.15, -0.1) is 0 Å². The zero-order valence-electron chi connectivity index (χ0n) is 8.45. The van der Waals surface area contributed by atoms with Crippen LogP contribution in [0.4, 0.5) is 0 Å². The molecule has 0 spiro atoms. The van der Waals surface area contributed by atoms with Crippen LogP contribution in [0.5, 0.6) is 0 Å². The van der Waals surface area contributed by atoms with Crippen LogP contribution in [-0.2, 0) is 9.53 Å². The smallest absolute Gasteiger partial charge is 0.322 e. The Kier molecular flexibility index (Phi) is 4.90. The van der Waals surface area contributed by atoms with Gasteiger partial charge in [-0.1, -0.05) is 25.7 Å². The van der Waals surface area contributed by atoms with Gasteiger partial charge in [0, 0.05) is 0 Å². The van der Waals surface area contributed by atoms with E-state index in [0.717, 1.165) is 12.8 Å². The second-order valence-electron chi connectivity index (χ2n) is 3.89. The van der Waals surface area contributed by atoms with E-state index in [1.165, 1.54) is 25.7 Å². The van der Waals surface area contributed by atoms with Gasteiger partial charge in [-0.25, -0.2) is 0 Å². The van der Waals surface area contributed by atoms with Gasteiger partial charge in [-0.2, -0.15) is 0 Å². The minimum atomic E-state index is -0.987. The van der Waals surface area contributed by atoms with Crippen molar-refractivity contribution in [1.29, 1.82) is 0 Å². The molecule has 1 aliphatic carbocycles. The summed E-state index contributed by atoms with van der Waals surface area (Å²) in [4.78, 5) is 10.4. The fourth-order valence-corrected chi connectivity index (χ4v) is 1.72. The predicted octanol–water partition coefficient (Wildman–Crippen LogP) is 1.14. The van der Waals surface area contributed by atoms with Crippen molar-refractivity contribution >= 4 is 5.97 Å². The SMILES string of the molecule is NC(COC1CCCCCC1)C(=O)O. The molecule has 14 heavy (non-hydrogen) atoms. The molecule has 1 unspecified atom stereocenters. The lowest BCUT2D eigenvalue weighted by Crippen LogP contribution is -2.36. The highest BCUT2D eigenvalue weighted by Gasteiger charge is 2.16. The van der Waals surface area contributed by atoms with E-state index in [4.69, 9.17) is 15.6 Å². The van der Waals surface area contributed by atoms with Crippen LogP contribution in [0.1, 0.15) is 38.5 Å². The summed E-state index contributed by atoms with van der Waals surface area (Å²) >= 11 is 0. The van der Waals surface area contributed by atoms with E-state index >= 15 is 0 Å². The number of nitrogens with two attached hydrogens (primary N) is 1. The first-order chi connectivity index (χ1) is 6.70. The Morgan fingerprint density at radius 2 is 1.93 bits per heavy atom. The number of hydrogen-bond donors (Lipinski definition) is 2. The zero-order valence-corrected chi connectivity index (χ0v) is 8.45. The van der Waals surface area contributed by atoms with Crippen LogP contribution >= 0.6 is 0 Å². The van der Waals surface area contributed by atoms with Gasteiger partial charge in [-0.05, 0) is 12.8 Å². The van der Waals surface area contributed by atoms with Crippen molar-refractivity contribution in [1.82, 2.24) is 0 Å². The number of carbonyl (C=O) groups is 1. The lowest BCUT2D eigenvalue weighted by molar-refractivity contribution is -0.140. The van der Waals surface area contributed by atoms with Crippen molar-refractivity contribution in [2.45, 2.75) is 50.7 Å². The second-order valence-corrected chi connectivity index (χ2v) is 3.89.